The van der Waals surface area contributed by atoms with Crippen LogP contribution in [-0.2, 0) is 0 Å². The van der Waals surface area contributed by atoms with Crippen LogP contribution >= 0.6 is 0 Å². The van der Waals surface area contributed by atoms with Crippen LogP contribution in [0.2, 0.25) is 0 Å². The van der Waals surface area contributed by atoms with Crippen molar-refractivity contribution in [2.45, 2.75) is 51.0 Å². The van der Waals surface area contributed by atoms with Gasteiger partial charge in [0, 0.05) is 5.92 Å². The first-order chi connectivity index (χ1) is 12.2. The summed E-state index contributed by atoms with van der Waals surface area (Å²) in [5.41, 5.74) is 3.74. The smallest absolute Gasteiger partial charge is 0.161 e. The minimum atomic E-state index is 0.288. The first kappa shape index (κ1) is 17.6. The number of hydrogen-bond acceptors (Lipinski definition) is 2. The van der Waals surface area contributed by atoms with Crippen LogP contribution in [0.3, 0.4) is 0 Å². The number of benzene rings is 2. The second-order valence-electron chi connectivity index (χ2n) is 7.06. The van der Waals surface area contributed by atoms with Crippen LogP contribution in [0, 0.1) is 0 Å². The fourth-order valence-electron chi connectivity index (χ4n) is 3.65. The van der Waals surface area contributed by atoms with Crippen molar-refractivity contribution in [3.05, 3.63) is 71.8 Å². The van der Waals surface area contributed by atoms with Crippen LogP contribution in [0.1, 0.15) is 56.1 Å². The molecule has 0 aliphatic heterocycles. The Hall–Kier alpha value is -2.22. The summed E-state index contributed by atoms with van der Waals surface area (Å²) in [5, 5.41) is 0. The molecule has 132 valence electrons. The summed E-state index contributed by atoms with van der Waals surface area (Å²) < 4.78 is 11.8. The fourth-order valence-corrected chi connectivity index (χ4v) is 3.65. The zero-order valence-corrected chi connectivity index (χ0v) is 15.3. The Labute approximate surface area is 151 Å². The minimum absolute atomic E-state index is 0.288. The van der Waals surface area contributed by atoms with Crippen molar-refractivity contribution in [2.24, 2.45) is 0 Å². The number of rotatable bonds is 7. The van der Waals surface area contributed by atoms with E-state index in [-0.39, 0.29) is 5.92 Å². The molecule has 2 aromatic rings. The predicted octanol–water partition coefficient (Wildman–Crippen LogP) is 6.11. The van der Waals surface area contributed by atoms with E-state index in [1.165, 1.54) is 29.5 Å². The maximum Gasteiger partial charge on any atom is 0.161 e. The summed E-state index contributed by atoms with van der Waals surface area (Å²) in [5.74, 6) is 1.97. The van der Waals surface area contributed by atoms with Gasteiger partial charge in [-0.15, -0.1) is 6.58 Å². The predicted molar refractivity (Wildman–Crippen MR) is 104 cm³/mol. The normalized spacial score (nSPS) is 15.8. The van der Waals surface area contributed by atoms with E-state index < -0.39 is 0 Å². The summed E-state index contributed by atoms with van der Waals surface area (Å²) in [6.07, 6.45) is 6.05. The molecular formula is C23H28O2. The average Bonchev–Trinajstić information content (AvgIpc) is 3.13. The Kier molecular flexibility index (Phi) is 5.80. The van der Waals surface area contributed by atoms with Gasteiger partial charge in [0.1, 0.15) is 0 Å². The van der Waals surface area contributed by atoms with Crippen molar-refractivity contribution < 1.29 is 9.47 Å². The van der Waals surface area contributed by atoms with Crippen molar-refractivity contribution in [1.82, 2.24) is 0 Å². The molecule has 0 saturated heterocycles. The second kappa shape index (κ2) is 8.24. The van der Waals surface area contributed by atoms with E-state index in [0.717, 1.165) is 30.8 Å². The lowest BCUT2D eigenvalue weighted by Crippen LogP contribution is -2.12. The molecule has 1 fully saturated rings. The monoisotopic (exact) mass is 336 g/mol. The lowest BCUT2D eigenvalue weighted by Gasteiger charge is -2.21. The zero-order valence-electron chi connectivity index (χ0n) is 15.3. The summed E-state index contributed by atoms with van der Waals surface area (Å²) in [6.45, 7) is 6.22. The Balaban J connectivity index is 1.93. The summed E-state index contributed by atoms with van der Waals surface area (Å²) >= 11 is 0. The van der Waals surface area contributed by atoms with Gasteiger partial charge in [-0.2, -0.15) is 0 Å². The number of allylic oxidation sites excluding steroid dienone is 1. The third-order valence-electron chi connectivity index (χ3n) is 4.94. The van der Waals surface area contributed by atoms with Crippen LogP contribution in [0.4, 0.5) is 0 Å². The Morgan fingerprint density at radius 1 is 1.04 bits per heavy atom. The summed E-state index contributed by atoms with van der Waals surface area (Å²) in [6, 6.07) is 17.0. The lowest BCUT2D eigenvalue weighted by molar-refractivity contribution is 0.200. The maximum absolute atomic E-state index is 6.28. The van der Waals surface area contributed by atoms with Gasteiger partial charge in [-0.05, 0) is 62.3 Å². The number of methoxy groups -OCH3 is 1. The van der Waals surface area contributed by atoms with Gasteiger partial charge in [0.05, 0.1) is 13.2 Å². The van der Waals surface area contributed by atoms with Gasteiger partial charge in [-0.3, -0.25) is 0 Å². The standard InChI is InChI=1S/C23H28O2/c1-17(2)15-21(18-9-5-4-6-10-18)19-13-14-22(24-3)23(16-19)25-20-11-7-8-12-20/h4-6,9-10,13-14,16,20-21H,1,7-8,11-12,15H2,2-3H3/t21-/m0/s1. The number of ether oxygens (including phenoxy) is 2. The van der Waals surface area contributed by atoms with E-state index in [1.54, 1.807) is 7.11 Å². The van der Waals surface area contributed by atoms with E-state index >= 15 is 0 Å². The van der Waals surface area contributed by atoms with Gasteiger partial charge in [-0.25, -0.2) is 0 Å². The van der Waals surface area contributed by atoms with Gasteiger partial charge in [0.2, 0.25) is 0 Å². The Bertz CT molecular complexity index is 699. The summed E-state index contributed by atoms with van der Waals surface area (Å²) in [7, 11) is 1.71. The van der Waals surface area contributed by atoms with Crippen LogP contribution in [-0.4, -0.2) is 13.2 Å². The van der Waals surface area contributed by atoms with Gasteiger partial charge in [0.15, 0.2) is 11.5 Å². The van der Waals surface area contributed by atoms with Crippen molar-refractivity contribution in [1.29, 1.82) is 0 Å². The molecule has 0 N–H and O–H groups in total. The fraction of sp³-hybridized carbons (Fsp3) is 0.391. The van der Waals surface area contributed by atoms with Gasteiger partial charge in [0.25, 0.3) is 0 Å². The molecule has 2 heteroatoms. The Morgan fingerprint density at radius 2 is 1.76 bits per heavy atom. The molecule has 25 heavy (non-hydrogen) atoms. The second-order valence-corrected chi connectivity index (χ2v) is 7.06. The van der Waals surface area contributed by atoms with Crippen LogP contribution < -0.4 is 9.47 Å². The van der Waals surface area contributed by atoms with Crippen LogP contribution in [0.15, 0.2) is 60.7 Å². The highest BCUT2D eigenvalue weighted by Gasteiger charge is 2.21. The topological polar surface area (TPSA) is 18.5 Å². The average molecular weight is 336 g/mol. The molecule has 1 atom stereocenters. The third-order valence-corrected chi connectivity index (χ3v) is 4.94. The van der Waals surface area contributed by atoms with Crippen molar-refractivity contribution in [3.63, 3.8) is 0 Å². The highest BCUT2D eigenvalue weighted by Crippen LogP contribution is 2.38. The maximum atomic E-state index is 6.28. The van der Waals surface area contributed by atoms with Crippen LogP contribution in [0.25, 0.3) is 0 Å². The molecule has 0 heterocycles. The zero-order chi connectivity index (χ0) is 17.6. The molecule has 1 saturated carbocycles. The van der Waals surface area contributed by atoms with E-state index in [2.05, 4.69) is 56.0 Å². The van der Waals surface area contributed by atoms with Crippen LogP contribution in [0.5, 0.6) is 11.5 Å². The van der Waals surface area contributed by atoms with E-state index in [4.69, 9.17) is 9.47 Å². The largest absolute Gasteiger partial charge is 0.493 e. The molecule has 0 unspecified atom stereocenters. The highest BCUT2D eigenvalue weighted by molar-refractivity contribution is 5.46. The van der Waals surface area contributed by atoms with Crippen molar-refractivity contribution in [2.75, 3.05) is 7.11 Å². The van der Waals surface area contributed by atoms with Crippen molar-refractivity contribution in [3.8, 4) is 11.5 Å². The van der Waals surface area contributed by atoms with E-state index in [1.807, 2.05) is 6.07 Å². The first-order valence-electron chi connectivity index (χ1n) is 9.21. The molecule has 0 spiro atoms. The molecule has 2 aromatic carbocycles. The highest BCUT2D eigenvalue weighted by atomic mass is 16.5. The summed E-state index contributed by atoms with van der Waals surface area (Å²) in [4.78, 5) is 0. The van der Waals surface area contributed by atoms with Crippen molar-refractivity contribution >= 4 is 0 Å². The molecule has 1 aliphatic rings. The molecular weight excluding hydrogens is 308 g/mol. The quantitative estimate of drug-likeness (QED) is 0.567. The molecule has 3 rings (SSSR count). The Morgan fingerprint density at radius 3 is 2.40 bits per heavy atom. The molecule has 0 aromatic heterocycles. The van der Waals surface area contributed by atoms with Gasteiger partial charge < -0.3 is 9.47 Å². The molecule has 2 nitrogen and oxygen atoms in total. The molecule has 0 amide bonds. The van der Waals surface area contributed by atoms with E-state index in [9.17, 15) is 0 Å². The van der Waals surface area contributed by atoms with Gasteiger partial charge >= 0.3 is 0 Å². The third kappa shape index (κ3) is 4.45. The SMILES string of the molecule is C=C(C)C[C@@H](c1ccccc1)c1ccc(OC)c(OC2CCCC2)c1. The molecule has 0 bridgehead atoms. The molecule has 0 radical (unpaired) electrons. The lowest BCUT2D eigenvalue weighted by atomic mass is 9.86. The first-order valence-corrected chi connectivity index (χ1v) is 9.21. The van der Waals surface area contributed by atoms with Gasteiger partial charge in [-0.1, -0.05) is 42.0 Å². The number of hydrogen-bond donors (Lipinski definition) is 0. The molecule has 1 aliphatic carbocycles. The van der Waals surface area contributed by atoms with E-state index in [0.29, 0.717) is 6.10 Å². The minimum Gasteiger partial charge on any atom is -0.493 e.